The van der Waals surface area contributed by atoms with Crippen molar-refractivity contribution in [2.75, 3.05) is 33.7 Å². The van der Waals surface area contributed by atoms with Gasteiger partial charge in [-0.1, -0.05) is 18.2 Å². The van der Waals surface area contributed by atoms with Crippen LogP contribution < -0.4 is 0 Å². The number of hydrogen-bond acceptors (Lipinski definition) is 4. The molecule has 0 unspecified atom stereocenters. The molecule has 0 spiro atoms. The van der Waals surface area contributed by atoms with E-state index in [1.165, 1.54) is 4.31 Å². The van der Waals surface area contributed by atoms with Gasteiger partial charge in [-0.05, 0) is 30.9 Å². The van der Waals surface area contributed by atoms with Crippen molar-refractivity contribution in [2.45, 2.75) is 25.4 Å². The maximum Gasteiger partial charge on any atom is 0.281 e. The fraction of sp³-hybridized carbons (Fsp3) is 0.526. The third-order valence-electron chi connectivity index (χ3n) is 5.62. The lowest BCUT2D eigenvalue weighted by Crippen LogP contribution is -2.45. The predicted octanol–water partition coefficient (Wildman–Crippen LogP) is 1.57. The number of para-hydroxylation sites is 1. The van der Waals surface area contributed by atoms with E-state index < -0.39 is 10.2 Å². The lowest BCUT2D eigenvalue weighted by Gasteiger charge is -2.35. The van der Waals surface area contributed by atoms with Gasteiger partial charge in [0.2, 0.25) is 0 Å². The van der Waals surface area contributed by atoms with Gasteiger partial charge in [-0.2, -0.15) is 22.1 Å². The highest BCUT2D eigenvalue weighted by Crippen LogP contribution is 2.30. The normalized spacial score (nSPS) is 24.4. The second kappa shape index (κ2) is 7.35. The van der Waals surface area contributed by atoms with Gasteiger partial charge in [0.05, 0.1) is 11.9 Å². The van der Waals surface area contributed by atoms with Gasteiger partial charge in [-0.25, -0.2) is 4.68 Å². The molecule has 7 nitrogen and oxygen atoms in total. The summed E-state index contributed by atoms with van der Waals surface area (Å²) in [6, 6.07) is 10.3. The monoisotopic (exact) mass is 389 g/mol. The molecular formula is C19H27N5O2S. The molecule has 3 saturated heterocycles. The quantitative estimate of drug-likeness (QED) is 0.779. The molecule has 2 aromatic rings. The Morgan fingerprint density at radius 2 is 1.89 bits per heavy atom. The molecular weight excluding hydrogens is 362 g/mol. The molecule has 146 valence electrons. The van der Waals surface area contributed by atoms with Crippen LogP contribution in [-0.4, -0.2) is 71.5 Å². The average Bonchev–Trinajstić information content (AvgIpc) is 2.92. The number of aromatic nitrogens is 2. The minimum atomic E-state index is -3.35. The Bertz CT molecular complexity index is 881. The molecule has 2 atom stereocenters. The van der Waals surface area contributed by atoms with Crippen molar-refractivity contribution in [3.05, 3.63) is 48.3 Å². The summed E-state index contributed by atoms with van der Waals surface area (Å²) in [6.45, 7) is 2.95. The van der Waals surface area contributed by atoms with E-state index in [1.54, 1.807) is 18.4 Å². The van der Waals surface area contributed by atoms with Crippen LogP contribution in [0.4, 0.5) is 0 Å². The van der Waals surface area contributed by atoms with Crippen LogP contribution in [0.25, 0.3) is 5.69 Å². The van der Waals surface area contributed by atoms with Gasteiger partial charge in [0.25, 0.3) is 10.2 Å². The molecule has 0 N–H and O–H groups in total. The molecule has 0 aliphatic carbocycles. The molecule has 0 saturated carbocycles. The van der Waals surface area contributed by atoms with Crippen LogP contribution >= 0.6 is 0 Å². The summed E-state index contributed by atoms with van der Waals surface area (Å²) in [5.41, 5.74) is 2.21. The summed E-state index contributed by atoms with van der Waals surface area (Å²) < 4.78 is 30.1. The van der Waals surface area contributed by atoms with Crippen LogP contribution in [0.3, 0.4) is 0 Å². The van der Waals surface area contributed by atoms with Gasteiger partial charge in [0.15, 0.2) is 0 Å². The molecule has 0 amide bonds. The Balaban J connectivity index is 1.49. The summed E-state index contributed by atoms with van der Waals surface area (Å²) in [7, 11) is -0.136. The van der Waals surface area contributed by atoms with Crippen molar-refractivity contribution in [2.24, 2.45) is 5.92 Å². The number of nitrogens with zero attached hydrogens (tertiary/aromatic N) is 5. The Morgan fingerprint density at radius 3 is 2.63 bits per heavy atom. The lowest BCUT2D eigenvalue weighted by atomic mass is 9.95. The van der Waals surface area contributed by atoms with Crippen LogP contribution in [-0.2, 0) is 16.8 Å². The van der Waals surface area contributed by atoms with Gasteiger partial charge < -0.3 is 0 Å². The van der Waals surface area contributed by atoms with Crippen LogP contribution in [0.5, 0.6) is 0 Å². The molecule has 3 fully saturated rings. The minimum Gasteiger partial charge on any atom is -0.294 e. The SMILES string of the molecule is CN(C)S(=O)(=O)N1C[C@@H]2CC[C@H](C1)N(Cc1cnn(-c3ccccc3)c1)C2. The first kappa shape index (κ1) is 18.6. The van der Waals surface area contributed by atoms with Crippen molar-refractivity contribution >= 4 is 10.2 Å². The predicted molar refractivity (Wildman–Crippen MR) is 105 cm³/mol. The van der Waals surface area contributed by atoms with Crippen molar-refractivity contribution in [1.29, 1.82) is 0 Å². The molecule has 4 heterocycles. The first-order valence-electron chi connectivity index (χ1n) is 9.44. The van der Waals surface area contributed by atoms with E-state index in [-0.39, 0.29) is 6.04 Å². The Labute approximate surface area is 161 Å². The highest BCUT2D eigenvalue weighted by Gasteiger charge is 2.39. The second-order valence-corrected chi connectivity index (χ2v) is 9.90. The summed E-state index contributed by atoms with van der Waals surface area (Å²) in [6.07, 6.45) is 6.14. The van der Waals surface area contributed by atoms with E-state index in [9.17, 15) is 8.42 Å². The Morgan fingerprint density at radius 1 is 1.11 bits per heavy atom. The molecule has 27 heavy (non-hydrogen) atoms. The van der Waals surface area contributed by atoms with Gasteiger partial charge >= 0.3 is 0 Å². The van der Waals surface area contributed by atoms with Crippen LogP contribution in [0.1, 0.15) is 18.4 Å². The van der Waals surface area contributed by atoms with E-state index in [0.29, 0.717) is 19.0 Å². The van der Waals surface area contributed by atoms with E-state index >= 15 is 0 Å². The highest BCUT2D eigenvalue weighted by atomic mass is 32.2. The summed E-state index contributed by atoms with van der Waals surface area (Å²) in [4.78, 5) is 2.44. The third-order valence-corrected chi connectivity index (χ3v) is 7.50. The average molecular weight is 390 g/mol. The topological polar surface area (TPSA) is 61.7 Å². The number of rotatable bonds is 5. The molecule has 8 heteroatoms. The van der Waals surface area contributed by atoms with E-state index in [4.69, 9.17) is 0 Å². The maximum atomic E-state index is 12.6. The molecule has 3 aliphatic rings. The van der Waals surface area contributed by atoms with E-state index in [2.05, 4.69) is 16.2 Å². The lowest BCUT2D eigenvalue weighted by molar-refractivity contribution is 0.125. The molecule has 0 radical (unpaired) electrons. The van der Waals surface area contributed by atoms with Gasteiger partial charge in [0, 0.05) is 58.1 Å². The fourth-order valence-corrected chi connectivity index (χ4v) is 5.37. The number of piperidine rings is 1. The van der Waals surface area contributed by atoms with Crippen LogP contribution in [0.2, 0.25) is 0 Å². The van der Waals surface area contributed by atoms with Crippen molar-refractivity contribution in [1.82, 2.24) is 23.3 Å². The second-order valence-electron chi connectivity index (χ2n) is 7.76. The highest BCUT2D eigenvalue weighted by molar-refractivity contribution is 7.86. The van der Waals surface area contributed by atoms with Gasteiger partial charge in [0.1, 0.15) is 0 Å². The molecule has 2 bridgehead atoms. The molecule has 5 rings (SSSR count). The first-order chi connectivity index (χ1) is 12.9. The standard InChI is InChI=1S/C19H27N5O2S/c1-21(2)27(25,26)23-13-16-8-9-19(15-23)22(11-16)12-17-10-20-24(14-17)18-6-4-3-5-7-18/h3-7,10,14,16,19H,8-9,11-13,15H2,1-2H3/t16-,19-/m1/s1. The summed E-state index contributed by atoms with van der Waals surface area (Å²) in [5, 5.41) is 4.49. The van der Waals surface area contributed by atoms with Gasteiger partial charge in [-0.3, -0.25) is 4.90 Å². The van der Waals surface area contributed by atoms with Crippen LogP contribution in [0.15, 0.2) is 42.7 Å². The molecule has 1 aromatic heterocycles. The first-order valence-corrected chi connectivity index (χ1v) is 10.8. The number of fused-ring (bicyclic) bond motifs is 4. The van der Waals surface area contributed by atoms with Crippen molar-refractivity contribution < 1.29 is 8.42 Å². The Hall–Kier alpha value is -1.74. The number of benzene rings is 1. The smallest absolute Gasteiger partial charge is 0.281 e. The fourth-order valence-electron chi connectivity index (χ4n) is 4.15. The third kappa shape index (κ3) is 3.80. The van der Waals surface area contributed by atoms with E-state index in [0.717, 1.165) is 37.2 Å². The van der Waals surface area contributed by atoms with Gasteiger partial charge in [-0.15, -0.1) is 0 Å². The van der Waals surface area contributed by atoms with Crippen molar-refractivity contribution in [3.8, 4) is 5.69 Å². The van der Waals surface area contributed by atoms with Crippen molar-refractivity contribution in [3.63, 3.8) is 0 Å². The minimum absolute atomic E-state index is 0.263. The number of hydrogen-bond donors (Lipinski definition) is 0. The zero-order valence-corrected chi connectivity index (χ0v) is 16.7. The summed E-state index contributed by atoms with van der Waals surface area (Å²) >= 11 is 0. The van der Waals surface area contributed by atoms with E-state index in [1.807, 2.05) is 41.2 Å². The zero-order chi connectivity index (χ0) is 19.0. The largest absolute Gasteiger partial charge is 0.294 e. The Kier molecular flexibility index (Phi) is 5.07. The summed E-state index contributed by atoms with van der Waals surface area (Å²) in [5.74, 6) is 0.391. The molecule has 3 aliphatic heterocycles. The molecule has 1 aromatic carbocycles. The van der Waals surface area contributed by atoms with Crippen LogP contribution in [0, 0.1) is 5.92 Å². The maximum absolute atomic E-state index is 12.6. The zero-order valence-electron chi connectivity index (χ0n) is 15.9.